The molecule has 0 bridgehead atoms. The van der Waals surface area contributed by atoms with Gasteiger partial charge in [-0.2, -0.15) is 0 Å². The number of furan rings is 1. The molecule has 5 nitrogen and oxygen atoms in total. The average molecular weight is 175 g/mol. The van der Waals surface area contributed by atoms with E-state index in [9.17, 15) is 13.2 Å². The lowest BCUT2D eigenvalue weighted by atomic mass is 10.5. The van der Waals surface area contributed by atoms with Gasteiger partial charge in [0.15, 0.2) is 12.0 Å². The maximum Gasteiger partial charge on any atom is 0.241 e. The fourth-order valence-electron chi connectivity index (χ4n) is 0.545. The van der Waals surface area contributed by atoms with Crippen molar-refractivity contribution in [1.82, 2.24) is 0 Å². The average Bonchev–Trinajstić information content (AvgIpc) is 2.32. The smallest absolute Gasteiger partial charge is 0.241 e. The van der Waals surface area contributed by atoms with Crippen LogP contribution in [0.2, 0.25) is 0 Å². The first kappa shape index (κ1) is 7.96. The molecule has 2 N–H and O–H groups in total. The van der Waals surface area contributed by atoms with Crippen LogP contribution in [0, 0.1) is 0 Å². The Bertz CT molecular complexity index is 364. The van der Waals surface area contributed by atoms with Gasteiger partial charge in [0.05, 0.1) is 0 Å². The molecule has 60 valence electrons. The van der Waals surface area contributed by atoms with Crippen molar-refractivity contribution < 1.29 is 17.6 Å². The van der Waals surface area contributed by atoms with E-state index in [1.54, 1.807) is 0 Å². The molecule has 0 aromatic carbocycles. The van der Waals surface area contributed by atoms with E-state index >= 15 is 0 Å². The molecule has 1 aromatic rings. The molecule has 0 aliphatic carbocycles. The molecular weight excluding hydrogens is 170 g/mol. The Kier molecular flexibility index (Phi) is 1.79. The lowest BCUT2D eigenvalue weighted by Gasteiger charge is -1.85. The lowest BCUT2D eigenvalue weighted by Crippen LogP contribution is -2.10. The summed E-state index contributed by atoms with van der Waals surface area (Å²) < 4.78 is 25.6. The highest BCUT2D eigenvalue weighted by Crippen LogP contribution is 2.09. The highest BCUT2D eigenvalue weighted by atomic mass is 32.2. The summed E-state index contributed by atoms with van der Waals surface area (Å²) in [5, 5.41) is 4.72. The third-order valence-corrected chi connectivity index (χ3v) is 1.91. The molecule has 0 unspecified atom stereocenters. The van der Waals surface area contributed by atoms with Gasteiger partial charge >= 0.3 is 0 Å². The molecule has 0 aliphatic rings. The summed E-state index contributed by atoms with van der Waals surface area (Å²) in [6.07, 6.45) is 1.31. The first-order valence-corrected chi connectivity index (χ1v) is 4.15. The van der Waals surface area contributed by atoms with Gasteiger partial charge in [-0.15, -0.1) is 0 Å². The van der Waals surface area contributed by atoms with Crippen molar-refractivity contribution in [3.8, 4) is 0 Å². The van der Waals surface area contributed by atoms with E-state index < -0.39 is 10.0 Å². The number of carbonyl (C=O) groups is 1. The molecule has 0 saturated heterocycles. The molecule has 0 saturated carbocycles. The molecule has 11 heavy (non-hydrogen) atoms. The van der Waals surface area contributed by atoms with Crippen LogP contribution in [0.4, 0.5) is 0 Å². The maximum absolute atomic E-state index is 10.6. The number of sulfonamides is 1. The van der Waals surface area contributed by atoms with Crippen LogP contribution in [-0.2, 0) is 10.0 Å². The molecule has 6 heteroatoms. The van der Waals surface area contributed by atoms with Crippen molar-refractivity contribution in [3.05, 3.63) is 18.1 Å². The minimum atomic E-state index is -3.74. The Hall–Kier alpha value is -1.14. The second-order valence-corrected chi connectivity index (χ2v) is 3.41. The zero-order chi connectivity index (χ0) is 8.48. The molecule has 1 heterocycles. The molecule has 0 fully saturated rings. The standard InChI is InChI=1S/C5H5NO4S/c6-11(8,9)5-1-4(2-7)10-3-5/h1-3H,(H2,6,8,9). The van der Waals surface area contributed by atoms with E-state index in [4.69, 9.17) is 5.14 Å². The van der Waals surface area contributed by atoms with Crippen LogP contribution >= 0.6 is 0 Å². The Balaban J connectivity index is 3.18. The SMILES string of the molecule is NS(=O)(=O)c1coc(C=O)c1. The van der Waals surface area contributed by atoms with Gasteiger partial charge in [0.25, 0.3) is 0 Å². The first-order chi connectivity index (χ1) is 5.04. The van der Waals surface area contributed by atoms with Gasteiger partial charge in [0.1, 0.15) is 11.2 Å². The molecule has 0 atom stereocenters. The summed E-state index contributed by atoms with van der Waals surface area (Å²) in [5.74, 6) is -0.0611. The number of hydrogen-bond acceptors (Lipinski definition) is 4. The first-order valence-electron chi connectivity index (χ1n) is 2.60. The van der Waals surface area contributed by atoms with Crippen molar-refractivity contribution in [1.29, 1.82) is 0 Å². The number of aldehydes is 1. The number of primary sulfonamides is 1. The second-order valence-electron chi connectivity index (χ2n) is 1.85. The van der Waals surface area contributed by atoms with Crippen LogP contribution in [0.5, 0.6) is 0 Å². The predicted molar refractivity (Wildman–Crippen MR) is 35.5 cm³/mol. The van der Waals surface area contributed by atoms with E-state index in [1.807, 2.05) is 0 Å². The molecule has 0 amide bonds. The quantitative estimate of drug-likeness (QED) is 0.627. The summed E-state index contributed by atoms with van der Waals surface area (Å²) in [7, 11) is -3.74. The Morgan fingerprint density at radius 1 is 1.55 bits per heavy atom. The number of nitrogens with two attached hydrogens (primary N) is 1. The van der Waals surface area contributed by atoms with Crippen molar-refractivity contribution in [2.75, 3.05) is 0 Å². The van der Waals surface area contributed by atoms with Gasteiger partial charge < -0.3 is 4.42 Å². The van der Waals surface area contributed by atoms with Crippen LogP contribution in [0.15, 0.2) is 21.6 Å². The van der Waals surface area contributed by atoms with E-state index in [-0.39, 0.29) is 10.7 Å². The van der Waals surface area contributed by atoms with Crippen LogP contribution in [0.25, 0.3) is 0 Å². The molecule has 1 aromatic heterocycles. The van der Waals surface area contributed by atoms with Crippen molar-refractivity contribution in [2.45, 2.75) is 4.90 Å². The summed E-state index contributed by atoms with van der Waals surface area (Å²) in [5.41, 5.74) is 0. The minimum absolute atomic E-state index is 0.0611. The summed E-state index contributed by atoms with van der Waals surface area (Å²) >= 11 is 0. The third kappa shape index (κ3) is 1.66. The Morgan fingerprint density at radius 2 is 2.18 bits per heavy atom. The van der Waals surface area contributed by atoms with E-state index in [0.717, 1.165) is 12.3 Å². The van der Waals surface area contributed by atoms with Crippen LogP contribution in [0.3, 0.4) is 0 Å². The Labute approximate surface area is 62.9 Å². The normalized spacial score (nSPS) is 11.4. The third-order valence-electron chi connectivity index (χ3n) is 1.04. The number of carbonyl (C=O) groups excluding carboxylic acids is 1. The topological polar surface area (TPSA) is 90.4 Å². The maximum atomic E-state index is 10.6. The molecule has 1 rings (SSSR count). The fraction of sp³-hybridized carbons (Fsp3) is 0. The summed E-state index contributed by atoms with van der Waals surface area (Å²) in [6, 6.07) is 1.06. The zero-order valence-corrected chi connectivity index (χ0v) is 6.17. The van der Waals surface area contributed by atoms with E-state index in [2.05, 4.69) is 4.42 Å². The van der Waals surface area contributed by atoms with Crippen molar-refractivity contribution >= 4 is 16.3 Å². The van der Waals surface area contributed by atoms with Gasteiger partial charge in [0, 0.05) is 6.07 Å². The molecule has 0 aliphatic heterocycles. The van der Waals surface area contributed by atoms with Crippen LogP contribution in [0.1, 0.15) is 10.6 Å². The van der Waals surface area contributed by atoms with Crippen LogP contribution < -0.4 is 5.14 Å². The van der Waals surface area contributed by atoms with E-state index in [0.29, 0.717) is 6.29 Å². The van der Waals surface area contributed by atoms with Crippen molar-refractivity contribution in [3.63, 3.8) is 0 Å². The second kappa shape index (κ2) is 2.48. The summed E-state index contributed by atoms with van der Waals surface area (Å²) in [4.78, 5) is 9.82. The number of rotatable bonds is 2. The van der Waals surface area contributed by atoms with Crippen LogP contribution in [-0.4, -0.2) is 14.7 Å². The van der Waals surface area contributed by atoms with Gasteiger partial charge in [-0.25, -0.2) is 13.6 Å². The van der Waals surface area contributed by atoms with Gasteiger partial charge in [0.2, 0.25) is 10.0 Å². The molecule has 0 spiro atoms. The monoisotopic (exact) mass is 175 g/mol. The van der Waals surface area contributed by atoms with Gasteiger partial charge in [-0.05, 0) is 0 Å². The van der Waals surface area contributed by atoms with Gasteiger partial charge in [-0.3, -0.25) is 4.79 Å². The van der Waals surface area contributed by atoms with Crippen molar-refractivity contribution in [2.24, 2.45) is 5.14 Å². The largest absolute Gasteiger partial charge is 0.460 e. The lowest BCUT2D eigenvalue weighted by molar-refractivity contribution is 0.110. The Morgan fingerprint density at radius 3 is 2.45 bits per heavy atom. The highest BCUT2D eigenvalue weighted by Gasteiger charge is 2.10. The fourth-order valence-corrected chi connectivity index (χ4v) is 1.01. The summed E-state index contributed by atoms with van der Waals surface area (Å²) in [6.45, 7) is 0. The van der Waals surface area contributed by atoms with E-state index in [1.165, 1.54) is 0 Å². The highest BCUT2D eigenvalue weighted by molar-refractivity contribution is 7.89. The minimum Gasteiger partial charge on any atom is -0.460 e. The predicted octanol–water partition coefficient (Wildman–Crippen LogP) is -0.260. The molecular formula is C5H5NO4S. The molecule has 0 radical (unpaired) electrons. The van der Waals surface area contributed by atoms with Gasteiger partial charge in [-0.1, -0.05) is 0 Å². The zero-order valence-electron chi connectivity index (χ0n) is 5.35. The number of hydrogen-bond donors (Lipinski definition) is 1.